The van der Waals surface area contributed by atoms with Crippen molar-refractivity contribution >= 4 is 38.9 Å². The van der Waals surface area contributed by atoms with Gasteiger partial charge in [0.25, 0.3) is 11.6 Å². The molecule has 2 aromatic carbocycles. The number of ether oxygens (including phenoxy) is 1. The number of nitrogens with zero attached hydrogens (tertiary/aromatic N) is 3. The quantitative estimate of drug-likeness (QED) is 0.395. The van der Waals surface area contributed by atoms with E-state index in [1.165, 1.54) is 53.7 Å². The van der Waals surface area contributed by atoms with Crippen LogP contribution in [-0.2, 0) is 14.8 Å². The lowest BCUT2D eigenvalue weighted by atomic mass is 10.1. The van der Waals surface area contributed by atoms with Gasteiger partial charge in [0, 0.05) is 29.7 Å². The third-order valence-electron chi connectivity index (χ3n) is 4.57. The molecule has 0 aliphatic carbocycles. The number of carbonyl (C=O) groups excluding carboxylic acids is 1. The van der Waals surface area contributed by atoms with Crippen molar-refractivity contribution in [2.45, 2.75) is 11.8 Å². The predicted octanol–water partition coefficient (Wildman–Crippen LogP) is 2.42. The van der Waals surface area contributed by atoms with Crippen molar-refractivity contribution in [2.75, 3.05) is 26.3 Å². The molecule has 0 bridgehead atoms. The molecular weight excluding hydrogens is 448 g/mol. The van der Waals surface area contributed by atoms with Crippen molar-refractivity contribution in [3.8, 4) is 0 Å². The summed E-state index contributed by atoms with van der Waals surface area (Å²) in [7, 11) is -3.76. The fraction of sp³-hybridized carbons (Fsp3) is 0.263. The molecule has 1 heterocycles. The van der Waals surface area contributed by atoms with Crippen LogP contribution in [0.1, 0.15) is 22.8 Å². The first-order valence-electron chi connectivity index (χ1n) is 9.17. The minimum Gasteiger partial charge on any atom is -0.379 e. The normalized spacial score (nSPS) is 15.5. The molecule has 0 aromatic heterocycles. The number of amides is 1. The molecule has 0 spiro atoms. The van der Waals surface area contributed by atoms with E-state index in [1.807, 2.05) is 0 Å². The molecule has 0 unspecified atom stereocenters. The highest BCUT2D eigenvalue weighted by molar-refractivity contribution is 7.89. The van der Waals surface area contributed by atoms with Crippen LogP contribution in [0, 0.1) is 10.1 Å². The topological polar surface area (TPSA) is 131 Å². The van der Waals surface area contributed by atoms with Crippen LogP contribution >= 0.6 is 11.6 Å². The molecule has 0 atom stereocenters. The van der Waals surface area contributed by atoms with Crippen LogP contribution in [0.5, 0.6) is 0 Å². The van der Waals surface area contributed by atoms with Crippen molar-refractivity contribution in [3.63, 3.8) is 0 Å². The molecule has 3 rings (SSSR count). The van der Waals surface area contributed by atoms with Gasteiger partial charge in [-0.3, -0.25) is 14.9 Å². The van der Waals surface area contributed by atoms with Crippen molar-refractivity contribution in [1.82, 2.24) is 9.73 Å². The SMILES string of the molecule is C/C(=N\NC(=O)c1cccc(S(=O)(=O)N2CCOCC2)c1)c1cc(Cl)ccc1[N+](=O)[O-]. The summed E-state index contributed by atoms with van der Waals surface area (Å²) >= 11 is 5.91. The molecule has 1 aliphatic heterocycles. The average molecular weight is 467 g/mol. The first-order chi connectivity index (χ1) is 14.7. The smallest absolute Gasteiger partial charge is 0.278 e. The summed E-state index contributed by atoms with van der Waals surface area (Å²) in [5.41, 5.74) is 2.48. The van der Waals surface area contributed by atoms with Gasteiger partial charge >= 0.3 is 0 Å². The highest BCUT2D eigenvalue weighted by Crippen LogP contribution is 2.23. The number of hydrogen-bond donors (Lipinski definition) is 1. The fourth-order valence-corrected chi connectivity index (χ4v) is 4.58. The Hall–Kier alpha value is -2.86. The van der Waals surface area contributed by atoms with E-state index in [9.17, 15) is 23.3 Å². The molecule has 0 saturated carbocycles. The summed E-state index contributed by atoms with van der Waals surface area (Å²) in [6, 6.07) is 9.58. The standard InChI is InChI=1S/C19H19ClN4O6S/c1-13(17-12-15(20)5-6-18(17)24(26)27)21-22-19(25)14-3-2-4-16(11-14)31(28,29)23-7-9-30-10-8-23/h2-6,11-12H,7-10H2,1H3,(H,22,25)/b21-13+. The molecule has 12 heteroatoms. The van der Waals surface area contributed by atoms with E-state index in [2.05, 4.69) is 10.5 Å². The number of carbonyl (C=O) groups is 1. The van der Waals surface area contributed by atoms with Crippen LogP contribution in [0.4, 0.5) is 5.69 Å². The van der Waals surface area contributed by atoms with Gasteiger partial charge in [-0.1, -0.05) is 17.7 Å². The van der Waals surface area contributed by atoms with Crippen LogP contribution in [0.15, 0.2) is 52.5 Å². The average Bonchev–Trinajstić information content (AvgIpc) is 2.77. The van der Waals surface area contributed by atoms with E-state index >= 15 is 0 Å². The molecule has 10 nitrogen and oxygen atoms in total. The Balaban J connectivity index is 1.81. The number of halogens is 1. The molecular formula is C19H19ClN4O6S. The maximum Gasteiger partial charge on any atom is 0.278 e. The predicted molar refractivity (Wildman–Crippen MR) is 114 cm³/mol. The summed E-state index contributed by atoms with van der Waals surface area (Å²) in [5, 5.41) is 15.4. The number of benzene rings is 2. The van der Waals surface area contributed by atoms with Gasteiger partial charge in [-0.25, -0.2) is 13.8 Å². The Morgan fingerprint density at radius 3 is 2.61 bits per heavy atom. The third kappa shape index (κ3) is 5.25. The number of rotatable bonds is 6. The second-order valence-corrected chi connectivity index (χ2v) is 8.98. The van der Waals surface area contributed by atoms with Gasteiger partial charge in [-0.05, 0) is 37.3 Å². The Bertz CT molecular complexity index is 1150. The van der Waals surface area contributed by atoms with Crippen molar-refractivity contribution in [1.29, 1.82) is 0 Å². The van der Waals surface area contributed by atoms with Gasteiger partial charge in [0.2, 0.25) is 10.0 Å². The van der Waals surface area contributed by atoms with Gasteiger partial charge in [-0.2, -0.15) is 9.41 Å². The number of nitro benzene ring substituents is 1. The minimum absolute atomic E-state index is 0.0202. The lowest BCUT2D eigenvalue weighted by Gasteiger charge is -2.26. The van der Waals surface area contributed by atoms with Gasteiger partial charge in [0.1, 0.15) is 0 Å². The van der Waals surface area contributed by atoms with Crippen molar-refractivity contribution in [3.05, 3.63) is 68.7 Å². The monoisotopic (exact) mass is 466 g/mol. The highest BCUT2D eigenvalue weighted by atomic mass is 35.5. The molecule has 1 amide bonds. The van der Waals surface area contributed by atoms with E-state index in [0.29, 0.717) is 13.2 Å². The van der Waals surface area contributed by atoms with Gasteiger partial charge in [-0.15, -0.1) is 0 Å². The summed E-state index contributed by atoms with van der Waals surface area (Å²) in [5.74, 6) is -0.664. The van der Waals surface area contributed by atoms with Crippen LogP contribution in [-0.4, -0.2) is 55.6 Å². The molecule has 0 radical (unpaired) electrons. The fourth-order valence-electron chi connectivity index (χ4n) is 2.95. The summed E-state index contributed by atoms with van der Waals surface area (Å²) in [4.78, 5) is 23.1. The Morgan fingerprint density at radius 1 is 1.23 bits per heavy atom. The number of hydrazone groups is 1. The third-order valence-corrected chi connectivity index (χ3v) is 6.70. The van der Waals surface area contributed by atoms with E-state index < -0.39 is 20.9 Å². The van der Waals surface area contributed by atoms with Gasteiger partial charge < -0.3 is 4.74 Å². The molecule has 1 fully saturated rings. The van der Waals surface area contributed by atoms with Gasteiger partial charge in [0.15, 0.2) is 0 Å². The molecule has 2 aromatic rings. The van der Waals surface area contributed by atoms with E-state index in [-0.39, 0.29) is 45.5 Å². The molecule has 1 saturated heterocycles. The van der Waals surface area contributed by atoms with Gasteiger partial charge in [0.05, 0.1) is 34.3 Å². The second-order valence-electron chi connectivity index (χ2n) is 6.60. The lowest BCUT2D eigenvalue weighted by Crippen LogP contribution is -2.40. The zero-order valence-corrected chi connectivity index (χ0v) is 18.0. The summed E-state index contributed by atoms with van der Waals surface area (Å²) < 4.78 is 32.0. The van der Waals surface area contributed by atoms with Crippen LogP contribution in [0.3, 0.4) is 0 Å². The molecule has 1 N–H and O–H groups in total. The number of sulfonamides is 1. The minimum atomic E-state index is -3.76. The van der Waals surface area contributed by atoms with E-state index in [1.54, 1.807) is 0 Å². The Labute approximate surface area is 183 Å². The molecule has 1 aliphatic rings. The number of nitrogens with one attached hydrogen (secondary N) is 1. The molecule has 31 heavy (non-hydrogen) atoms. The zero-order valence-electron chi connectivity index (χ0n) is 16.4. The number of nitro groups is 1. The van der Waals surface area contributed by atoms with Crippen LogP contribution < -0.4 is 5.43 Å². The van der Waals surface area contributed by atoms with E-state index in [0.717, 1.165) is 0 Å². The van der Waals surface area contributed by atoms with Crippen LogP contribution in [0.25, 0.3) is 0 Å². The highest BCUT2D eigenvalue weighted by Gasteiger charge is 2.27. The Kier molecular flexibility index (Phi) is 7.01. The second kappa shape index (κ2) is 9.52. The molecule has 164 valence electrons. The largest absolute Gasteiger partial charge is 0.379 e. The van der Waals surface area contributed by atoms with E-state index in [4.69, 9.17) is 16.3 Å². The lowest BCUT2D eigenvalue weighted by molar-refractivity contribution is -0.385. The van der Waals surface area contributed by atoms with Crippen LogP contribution in [0.2, 0.25) is 5.02 Å². The number of morpholine rings is 1. The van der Waals surface area contributed by atoms with Crippen molar-refractivity contribution in [2.24, 2.45) is 5.10 Å². The maximum absolute atomic E-state index is 12.8. The summed E-state index contributed by atoms with van der Waals surface area (Å²) in [6.45, 7) is 2.58. The Morgan fingerprint density at radius 2 is 1.94 bits per heavy atom. The first-order valence-corrected chi connectivity index (χ1v) is 11.0. The summed E-state index contributed by atoms with van der Waals surface area (Å²) in [6.07, 6.45) is 0. The van der Waals surface area contributed by atoms with Crippen molar-refractivity contribution < 1.29 is 22.9 Å². The first kappa shape index (κ1) is 22.8. The zero-order chi connectivity index (χ0) is 22.6. The number of hydrogen-bond acceptors (Lipinski definition) is 7. The maximum atomic E-state index is 12.8.